The van der Waals surface area contributed by atoms with Gasteiger partial charge in [0.25, 0.3) is 31.8 Å². The van der Waals surface area contributed by atoms with E-state index in [1.807, 2.05) is 0 Å². The Morgan fingerprint density at radius 2 is 1.39 bits per heavy atom. The summed E-state index contributed by atoms with van der Waals surface area (Å²) in [6.07, 6.45) is -1.58. The maximum Gasteiger partial charge on any atom is 0.344 e. The molecule has 1 aromatic heterocycles. The van der Waals surface area contributed by atoms with Gasteiger partial charge in [0.1, 0.15) is 5.75 Å². The normalized spacial score (nSPS) is 12.2. The Balaban J connectivity index is 1.74. The number of aromatic nitrogens is 1. The number of anilines is 1. The zero-order valence-electron chi connectivity index (χ0n) is 25.7. The molecule has 4 aromatic carbocycles. The smallest absolute Gasteiger partial charge is 0.344 e. The molecule has 0 aliphatic heterocycles. The quantitative estimate of drug-likeness (QED) is 0.146. The Bertz CT molecular complexity index is 2140. The second-order valence-electron chi connectivity index (χ2n) is 10.5. The number of hydrogen-bond donors (Lipinski definition) is 2. The summed E-state index contributed by atoms with van der Waals surface area (Å²) < 4.78 is 97.6. The van der Waals surface area contributed by atoms with Gasteiger partial charge in [-0.2, -0.15) is 8.69 Å². The summed E-state index contributed by atoms with van der Waals surface area (Å²) in [7, 11) is -9.70. The highest BCUT2D eigenvalue weighted by atomic mass is 32.3. The van der Waals surface area contributed by atoms with Crippen molar-refractivity contribution in [1.82, 2.24) is 4.98 Å². The number of aliphatic carboxylic acids is 1. The Hall–Kier alpha value is -5.38. The van der Waals surface area contributed by atoms with Gasteiger partial charge in [-0.15, -0.1) is 0 Å². The van der Waals surface area contributed by atoms with Crippen molar-refractivity contribution in [2.24, 2.45) is 5.73 Å². The van der Waals surface area contributed by atoms with E-state index in [0.717, 1.165) is 6.07 Å². The van der Waals surface area contributed by atoms with Crippen LogP contribution in [0.4, 0.5) is 14.5 Å². The molecule has 5 rings (SSSR count). The highest BCUT2D eigenvalue weighted by molar-refractivity contribution is 8.10. The van der Waals surface area contributed by atoms with Crippen molar-refractivity contribution < 1.29 is 45.0 Å². The molecule has 3 N–H and O–H groups in total. The molecule has 1 atom stereocenters. The Kier molecular flexibility index (Phi) is 10.3. The van der Waals surface area contributed by atoms with Crippen LogP contribution in [0.1, 0.15) is 18.9 Å². The van der Waals surface area contributed by atoms with E-state index in [1.54, 1.807) is 36.4 Å². The molecule has 0 fully saturated rings. The number of carboxylic acid groups (broad SMARTS) is 1. The topological polar surface area (TPSA) is 166 Å². The maximum absolute atomic E-state index is 15.1. The van der Waals surface area contributed by atoms with E-state index < -0.39 is 61.2 Å². The van der Waals surface area contributed by atoms with Gasteiger partial charge < -0.3 is 20.3 Å². The fourth-order valence-electron chi connectivity index (χ4n) is 4.72. The second kappa shape index (κ2) is 14.4. The summed E-state index contributed by atoms with van der Waals surface area (Å²) >= 11 is 0. The lowest BCUT2D eigenvalue weighted by Crippen LogP contribution is -2.37. The number of nitrogens with zero attached hydrogens (tertiary/aromatic N) is 2. The predicted molar refractivity (Wildman–Crippen MR) is 176 cm³/mol. The zero-order valence-corrected chi connectivity index (χ0v) is 27.4. The first-order chi connectivity index (χ1) is 23.3. The van der Waals surface area contributed by atoms with Crippen LogP contribution in [0, 0.1) is 11.6 Å². The number of ether oxygens (including phenoxy) is 2. The van der Waals surface area contributed by atoms with E-state index in [0.29, 0.717) is 17.2 Å². The SMILES string of the molecule is CC[C@@H](Oc1nc(Oc2cc(-c3cccc(CN)c3)cc(N(S(=O)(=O)c3ccccc3)S(=O)(=O)c3ccccc3)c2)c(F)cc1F)C(=O)O. The number of pyridine rings is 1. The van der Waals surface area contributed by atoms with E-state index in [-0.39, 0.29) is 37.8 Å². The van der Waals surface area contributed by atoms with Crippen molar-refractivity contribution in [3.05, 3.63) is 126 Å². The largest absolute Gasteiger partial charge is 0.479 e. The molecule has 0 saturated carbocycles. The second-order valence-corrected chi connectivity index (χ2v) is 14.3. The molecule has 0 aliphatic carbocycles. The lowest BCUT2D eigenvalue weighted by molar-refractivity contribution is -0.145. The molecule has 0 amide bonds. The van der Waals surface area contributed by atoms with E-state index in [2.05, 4.69) is 4.98 Å². The van der Waals surface area contributed by atoms with Crippen LogP contribution in [0.2, 0.25) is 0 Å². The third-order valence-electron chi connectivity index (χ3n) is 7.10. The summed E-state index contributed by atoms with van der Waals surface area (Å²) in [5, 5.41) is 9.35. The summed E-state index contributed by atoms with van der Waals surface area (Å²) in [6.45, 7) is 1.62. The van der Waals surface area contributed by atoms with Crippen LogP contribution in [0.5, 0.6) is 17.5 Å². The average molecular weight is 710 g/mol. The summed E-state index contributed by atoms with van der Waals surface area (Å²) in [4.78, 5) is 14.5. The molecule has 254 valence electrons. The molecular formula is C34H29F2N3O8S2. The van der Waals surface area contributed by atoms with Crippen LogP contribution < -0.4 is 18.9 Å². The maximum atomic E-state index is 15.1. The van der Waals surface area contributed by atoms with Gasteiger partial charge in [0.15, 0.2) is 17.7 Å². The summed E-state index contributed by atoms with van der Waals surface area (Å²) in [5.74, 6) is -6.05. The fraction of sp³-hybridized carbons (Fsp3) is 0.118. The van der Waals surface area contributed by atoms with Gasteiger partial charge in [-0.25, -0.2) is 30.4 Å². The van der Waals surface area contributed by atoms with Gasteiger partial charge in [-0.1, -0.05) is 61.5 Å². The Morgan fingerprint density at radius 3 is 1.94 bits per heavy atom. The van der Waals surface area contributed by atoms with Gasteiger partial charge >= 0.3 is 5.97 Å². The van der Waals surface area contributed by atoms with E-state index >= 15 is 4.39 Å². The van der Waals surface area contributed by atoms with Crippen LogP contribution in [-0.4, -0.2) is 39.0 Å². The number of nitrogens with two attached hydrogens (primary N) is 1. The zero-order chi connectivity index (χ0) is 35.3. The number of benzene rings is 4. The lowest BCUT2D eigenvalue weighted by atomic mass is 10.0. The van der Waals surface area contributed by atoms with Crippen molar-refractivity contribution in [3.8, 4) is 28.6 Å². The van der Waals surface area contributed by atoms with Crippen LogP contribution in [0.3, 0.4) is 0 Å². The highest BCUT2D eigenvalue weighted by Gasteiger charge is 2.37. The number of carboxylic acids is 1. The third kappa shape index (κ3) is 7.53. The first kappa shape index (κ1) is 34.9. The first-order valence-electron chi connectivity index (χ1n) is 14.6. The van der Waals surface area contributed by atoms with E-state index in [1.165, 1.54) is 67.6 Å². The van der Waals surface area contributed by atoms with Crippen LogP contribution >= 0.6 is 0 Å². The number of carbonyl (C=O) groups is 1. The van der Waals surface area contributed by atoms with Gasteiger partial charge in [0, 0.05) is 18.7 Å². The minimum absolute atomic E-state index is 0.0705. The van der Waals surface area contributed by atoms with Crippen LogP contribution in [0.25, 0.3) is 11.1 Å². The minimum Gasteiger partial charge on any atom is -0.479 e. The third-order valence-corrected chi connectivity index (χ3v) is 11.3. The van der Waals surface area contributed by atoms with Crippen molar-refractivity contribution in [2.45, 2.75) is 35.8 Å². The molecule has 0 radical (unpaired) electrons. The molecule has 0 saturated heterocycles. The monoisotopic (exact) mass is 709 g/mol. The number of halogens is 2. The van der Waals surface area contributed by atoms with Crippen molar-refractivity contribution in [2.75, 3.05) is 3.71 Å². The average Bonchev–Trinajstić information content (AvgIpc) is 3.09. The predicted octanol–water partition coefficient (Wildman–Crippen LogP) is 6.10. The number of rotatable bonds is 13. The van der Waals surface area contributed by atoms with Crippen LogP contribution in [-0.2, 0) is 31.4 Å². The molecule has 11 nitrogen and oxygen atoms in total. The van der Waals surface area contributed by atoms with Crippen LogP contribution in [0.15, 0.2) is 119 Å². The van der Waals surface area contributed by atoms with Crippen molar-refractivity contribution >= 4 is 31.7 Å². The molecule has 49 heavy (non-hydrogen) atoms. The molecule has 0 bridgehead atoms. The van der Waals surface area contributed by atoms with Crippen molar-refractivity contribution in [3.63, 3.8) is 0 Å². The molecule has 5 aromatic rings. The summed E-state index contributed by atoms with van der Waals surface area (Å²) in [5.41, 5.74) is 6.80. The standard InChI is InChI=1S/C34H29F2N3O8S2/c1-2-31(34(40)41)47-33-30(36)20-29(35)32(38-33)46-26-18-24(23-11-9-10-22(16-23)21-37)17-25(19-26)39(48(42,43)27-12-5-3-6-13-27)49(44,45)28-14-7-4-8-15-28/h3-20,31H,2,21,37H2,1H3,(H,40,41)/t31-/m1/s1. The highest BCUT2D eigenvalue weighted by Crippen LogP contribution is 2.39. The number of sulfonamides is 2. The first-order valence-corrected chi connectivity index (χ1v) is 17.5. The van der Waals surface area contributed by atoms with Gasteiger partial charge in [-0.3, -0.25) is 0 Å². The Labute approximate surface area is 281 Å². The Morgan fingerprint density at radius 1 is 0.796 bits per heavy atom. The minimum atomic E-state index is -4.85. The van der Waals surface area contributed by atoms with Crippen molar-refractivity contribution in [1.29, 1.82) is 0 Å². The molecule has 0 unspecified atom stereocenters. The fourth-order valence-corrected chi connectivity index (χ4v) is 8.42. The molecule has 0 aliphatic rings. The van der Waals surface area contributed by atoms with Gasteiger partial charge in [0.2, 0.25) is 0 Å². The van der Waals surface area contributed by atoms with Gasteiger partial charge in [-0.05, 0) is 65.6 Å². The molecule has 15 heteroatoms. The molecular weight excluding hydrogens is 681 g/mol. The molecule has 0 spiro atoms. The number of hydrogen-bond acceptors (Lipinski definition) is 9. The van der Waals surface area contributed by atoms with E-state index in [4.69, 9.17) is 15.2 Å². The van der Waals surface area contributed by atoms with Gasteiger partial charge in [0.05, 0.1) is 15.5 Å². The lowest BCUT2D eigenvalue weighted by Gasteiger charge is -2.25. The summed E-state index contributed by atoms with van der Waals surface area (Å²) in [6, 6.07) is 24.6. The molecule has 1 heterocycles. The van der Waals surface area contributed by atoms with E-state index in [9.17, 15) is 31.1 Å².